The van der Waals surface area contributed by atoms with Crippen molar-refractivity contribution in [2.45, 2.75) is 45.6 Å². The van der Waals surface area contributed by atoms with E-state index in [1.165, 1.54) is 11.3 Å². The van der Waals surface area contributed by atoms with E-state index in [1.54, 1.807) is 0 Å². The number of aliphatic hydroxyl groups is 1. The van der Waals surface area contributed by atoms with Gasteiger partial charge in [-0.3, -0.25) is 9.59 Å². The molecule has 0 radical (unpaired) electrons. The van der Waals surface area contributed by atoms with Crippen LogP contribution in [0.2, 0.25) is 0 Å². The normalized spacial score (nSPS) is 24.6. The van der Waals surface area contributed by atoms with Crippen molar-refractivity contribution in [3.8, 4) is 0 Å². The first-order chi connectivity index (χ1) is 11.0. The molecule has 0 bridgehead atoms. The number of nitrogens with one attached hydrogen (secondary N) is 1. The zero-order valence-electron chi connectivity index (χ0n) is 13.7. The Morgan fingerprint density at radius 3 is 2.74 bits per heavy atom. The van der Waals surface area contributed by atoms with Crippen molar-refractivity contribution in [3.05, 3.63) is 16.5 Å². The van der Waals surface area contributed by atoms with Crippen LogP contribution in [0.25, 0.3) is 0 Å². The average Bonchev–Trinajstić information content (AvgIpc) is 3.31. The first kappa shape index (κ1) is 16.5. The Bertz CT molecular complexity index is 609. The lowest BCUT2D eigenvalue weighted by atomic mass is 9.94. The van der Waals surface area contributed by atoms with Gasteiger partial charge in [0.25, 0.3) is 5.91 Å². The fourth-order valence-electron chi connectivity index (χ4n) is 3.07. The van der Waals surface area contributed by atoms with Gasteiger partial charge < -0.3 is 15.3 Å². The monoisotopic (exact) mass is 336 g/mol. The molecular weight excluding hydrogens is 312 g/mol. The molecule has 2 fully saturated rings. The number of thiophene rings is 1. The summed E-state index contributed by atoms with van der Waals surface area (Å²) in [5.74, 6) is 0.412. The van der Waals surface area contributed by atoms with E-state index in [-0.39, 0.29) is 36.3 Å². The topological polar surface area (TPSA) is 69.6 Å². The molecule has 0 spiro atoms. The summed E-state index contributed by atoms with van der Waals surface area (Å²) in [4.78, 5) is 27.3. The molecule has 126 valence electrons. The number of nitrogens with zero attached hydrogens (tertiary/aromatic N) is 1. The second-order valence-electron chi connectivity index (χ2n) is 6.82. The van der Waals surface area contributed by atoms with Gasteiger partial charge in [-0.2, -0.15) is 0 Å². The minimum atomic E-state index is 0.0186. The van der Waals surface area contributed by atoms with E-state index < -0.39 is 0 Å². The Kier molecular flexibility index (Phi) is 4.73. The molecule has 1 saturated carbocycles. The maximum absolute atomic E-state index is 12.9. The van der Waals surface area contributed by atoms with E-state index in [9.17, 15) is 14.7 Å². The van der Waals surface area contributed by atoms with Crippen LogP contribution < -0.4 is 5.32 Å². The number of piperidine rings is 1. The lowest BCUT2D eigenvalue weighted by Crippen LogP contribution is -2.46. The molecular formula is C17H24N2O3S. The van der Waals surface area contributed by atoms with Crippen molar-refractivity contribution >= 4 is 28.2 Å². The Hall–Kier alpha value is -1.40. The van der Waals surface area contributed by atoms with Crippen LogP contribution in [0, 0.1) is 18.8 Å². The van der Waals surface area contributed by atoms with E-state index in [2.05, 4.69) is 12.2 Å². The van der Waals surface area contributed by atoms with Gasteiger partial charge in [0.15, 0.2) is 0 Å². The second kappa shape index (κ2) is 6.61. The molecule has 5 nitrogen and oxygen atoms in total. The third-order valence-electron chi connectivity index (χ3n) is 4.81. The van der Waals surface area contributed by atoms with Gasteiger partial charge in [-0.25, -0.2) is 0 Å². The van der Waals surface area contributed by atoms with Gasteiger partial charge in [-0.15, -0.1) is 11.3 Å². The summed E-state index contributed by atoms with van der Waals surface area (Å²) in [6, 6.07) is 2.08. The summed E-state index contributed by atoms with van der Waals surface area (Å²) in [7, 11) is 0. The second-order valence-corrected chi connectivity index (χ2v) is 7.87. The maximum atomic E-state index is 12.9. The Morgan fingerprint density at radius 1 is 1.35 bits per heavy atom. The molecule has 0 aromatic carbocycles. The largest absolute Gasteiger partial charge is 0.396 e. The van der Waals surface area contributed by atoms with Crippen LogP contribution in [0.1, 0.15) is 47.8 Å². The molecule has 23 heavy (non-hydrogen) atoms. The predicted octanol–water partition coefficient (Wildman–Crippen LogP) is 2.64. The van der Waals surface area contributed by atoms with Gasteiger partial charge in [0, 0.05) is 25.1 Å². The molecule has 2 atom stereocenters. The van der Waals surface area contributed by atoms with Gasteiger partial charge in [0.2, 0.25) is 5.91 Å². The quantitative estimate of drug-likeness (QED) is 0.888. The summed E-state index contributed by atoms with van der Waals surface area (Å²) in [6.45, 7) is 4.71. The van der Waals surface area contributed by atoms with Crippen molar-refractivity contribution in [1.29, 1.82) is 0 Å². The van der Waals surface area contributed by atoms with Gasteiger partial charge in [-0.05, 0) is 57.1 Å². The highest BCUT2D eigenvalue weighted by Crippen LogP contribution is 2.34. The number of hydrogen-bond donors (Lipinski definition) is 2. The number of aliphatic hydroxyl groups excluding tert-OH is 1. The third-order valence-corrected chi connectivity index (χ3v) is 5.95. The van der Waals surface area contributed by atoms with Crippen molar-refractivity contribution < 1.29 is 14.7 Å². The van der Waals surface area contributed by atoms with Gasteiger partial charge in [0.1, 0.15) is 0 Å². The predicted molar refractivity (Wildman–Crippen MR) is 90.7 cm³/mol. The first-order valence-electron chi connectivity index (χ1n) is 8.32. The molecule has 1 aliphatic carbocycles. The third kappa shape index (κ3) is 3.58. The number of carbonyl (C=O) groups excluding carboxylic acids is 2. The number of amides is 2. The molecule has 3 rings (SSSR count). The number of aryl methyl sites for hydroxylation is 1. The maximum Gasteiger partial charge on any atom is 0.264 e. The van der Waals surface area contributed by atoms with E-state index in [0.29, 0.717) is 11.4 Å². The molecule has 2 amide bonds. The minimum absolute atomic E-state index is 0.0186. The van der Waals surface area contributed by atoms with E-state index >= 15 is 0 Å². The molecule has 1 aromatic heterocycles. The molecule has 1 aliphatic heterocycles. The van der Waals surface area contributed by atoms with Gasteiger partial charge in [0.05, 0.1) is 9.88 Å². The summed E-state index contributed by atoms with van der Waals surface area (Å²) >= 11 is 1.36. The van der Waals surface area contributed by atoms with Crippen molar-refractivity contribution in [2.24, 2.45) is 11.8 Å². The van der Waals surface area contributed by atoms with Crippen LogP contribution in [-0.4, -0.2) is 41.0 Å². The van der Waals surface area contributed by atoms with Gasteiger partial charge in [-0.1, -0.05) is 0 Å². The zero-order chi connectivity index (χ0) is 16.6. The Morgan fingerprint density at radius 2 is 2.09 bits per heavy atom. The molecule has 2 aliphatic rings. The molecule has 2 N–H and O–H groups in total. The summed E-state index contributed by atoms with van der Waals surface area (Å²) in [5, 5.41) is 13.1. The van der Waals surface area contributed by atoms with Gasteiger partial charge >= 0.3 is 0 Å². The van der Waals surface area contributed by atoms with Crippen molar-refractivity contribution in [3.63, 3.8) is 0 Å². The highest BCUT2D eigenvalue weighted by molar-refractivity contribution is 7.18. The van der Waals surface area contributed by atoms with E-state index in [0.717, 1.165) is 36.2 Å². The van der Waals surface area contributed by atoms with Crippen molar-refractivity contribution in [2.75, 3.05) is 18.5 Å². The fraction of sp³-hybridized carbons (Fsp3) is 0.647. The summed E-state index contributed by atoms with van der Waals surface area (Å²) < 4.78 is 0. The van der Waals surface area contributed by atoms with Crippen LogP contribution in [0.15, 0.2) is 6.07 Å². The SMILES string of the molecule is Cc1cc(NC(=O)C2CC2)sc1C(=O)N1CC(CO)CCC1C. The van der Waals surface area contributed by atoms with E-state index in [4.69, 9.17) is 0 Å². The molecule has 1 saturated heterocycles. The van der Waals surface area contributed by atoms with Crippen LogP contribution >= 0.6 is 11.3 Å². The Balaban J connectivity index is 1.73. The summed E-state index contributed by atoms with van der Waals surface area (Å²) in [5.41, 5.74) is 0.907. The number of rotatable bonds is 4. The Labute approximate surface area is 140 Å². The van der Waals surface area contributed by atoms with Crippen molar-refractivity contribution in [1.82, 2.24) is 4.90 Å². The highest BCUT2D eigenvalue weighted by atomic mass is 32.1. The first-order valence-corrected chi connectivity index (χ1v) is 9.14. The standard InChI is InChI=1S/C17H24N2O3S/c1-10-7-14(18-16(21)13-5-6-13)23-15(10)17(22)19-8-12(9-20)4-3-11(19)2/h7,11-13,20H,3-6,8-9H2,1-2H3,(H,18,21). The fourth-order valence-corrected chi connectivity index (χ4v) is 4.10. The number of anilines is 1. The lowest BCUT2D eigenvalue weighted by Gasteiger charge is -2.37. The molecule has 2 unspecified atom stereocenters. The zero-order valence-corrected chi connectivity index (χ0v) is 14.5. The average molecular weight is 336 g/mol. The molecule has 1 aromatic rings. The number of hydrogen-bond acceptors (Lipinski definition) is 4. The van der Waals surface area contributed by atoms with Crippen LogP contribution in [-0.2, 0) is 4.79 Å². The smallest absolute Gasteiger partial charge is 0.264 e. The highest BCUT2D eigenvalue weighted by Gasteiger charge is 2.32. The molecule has 6 heteroatoms. The number of likely N-dealkylation sites (tertiary alicyclic amines) is 1. The lowest BCUT2D eigenvalue weighted by molar-refractivity contribution is -0.117. The van der Waals surface area contributed by atoms with Crippen LogP contribution in [0.5, 0.6) is 0 Å². The van der Waals surface area contributed by atoms with Crippen LogP contribution in [0.3, 0.4) is 0 Å². The summed E-state index contributed by atoms with van der Waals surface area (Å²) in [6.07, 6.45) is 3.83. The number of carbonyl (C=O) groups is 2. The van der Waals surface area contributed by atoms with E-state index in [1.807, 2.05) is 17.9 Å². The van der Waals surface area contributed by atoms with Crippen LogP contribution in [0.4, 0.5) is 5.00 Å². The minimum Gasteiger partial charge on any atom is -0.396 e. The molecule has 2 heterocycles.